The van der Waals surface area contributed by atoms with E-state index in [4.69, 9.17) is 4.52 Å². The van der Waals surface area contributed by atoms with Crippen LogP contribution in [0.5, 0.6) is 0 Å². The van der Waals surface area contributed by atoms with Crippen molar-refractivity contribution in [1.82, 2.24) is 19.8 Å². The van der Waals surface area contributed by atoms with Crippen LogP contribution in [0.1, 0.15) is 31.9 Å². The number of nitrogens with zero attached hydrogens (tertiary/aromatic N) is 3. The highest BCUT2D eigenvalue weighted by atomic mass is 32.2. The molecular formula is C15H20N4O3S. The topological polar surface area (TPSA) is 88.3 Å². The van der Waals surface area contributed by atoms with Gasteiger partial charge < -0.3 is 9.84 Å². The highest BCUT2D eigenvalue weighted by molar-refractivity contribution is 7.89. The number of rotatable bonds is 3. The van der Waals surface area contributed by atoms with Crippen molar-refractivity contribution in [2.24, 2.45) is 0 Å². The van der Waals surface area contributed by atoms with E-state index in [1.54, 1.807) is 10.4 Å². The molecule has 8 heteroatoms. The fourth-order valence-corrected chi connectivity index (χ4v) is 5.07. The molecule has 4 rings (SSSR count). The highest BCUT2D eigenvalue weighted by Crippen LogP contribution is 2.27. The minimum atomic E-state index is -3.54. The lowest BCUT2D eigenvalue weighted by Crippen LogP contribution is -2.59. The summed E-state index contributed by atoms with van der Waals surface area (Å²) in [5, 5.41) is 8.13. The molecular weight excluding hydrogens is 316 g/mol. The summed E-state index contributed by atoms with van der Waals surface area (Å²) in [6, 6.07) is 2.16. The smallest absolute Gasteiger partial charge is 0.258 e. The normalized spacial score (nSPS) is 25.8. The van der Waals surface area contributed by atoms with E-state index in [0.29, 0.717) is 30.6 Å². The molecule has 0 aliphatic carbocycles. The van der Waals surface area contributed by atoms with Crippen LogP contribution in [-0.4, -0.2) is 48.0 Å². The fourth-order valence-electron chi connectivity index (χ4n) is 3.57. The fraction of sp³-hybridized carbons (Fsp3) is 0.600. The number of pyridine rings is 1. The molecule has 2 atom stereocenters. The molecule has 4 heterocycles. The molecule has 23 heavy (non-hydrogen) atoms. The van der Waals surface area contributed by atoms with Gasteiger partial charge in [0.05, 0.1) is 17.3 Å². The molecule has 2 fully saturated rings. The van der Waals surface area contributed by atoms with Gasteiger partial charge in [-0.2, -0.15) is 4.31 Å². The van der Waals surface area contributed by atoms with Crippen molar-refractivity contribution < 1.29 is 12.9 Å². The minimum Gasteiger partial charge on any atom is -0.336 e. The van der Waals surface area contributed by atoms with Gasteiger partial charge in [-0.1, -0.05) is 18.5 Å². The van der Waals surface area contributed by atoms with Gasteiger partial charge in [-0.15, -0.1) is 0 Å². The number of aromatic nitrogens is 2. The van der Waals surface area contributed by atoms with E-state index in [1.165, 1.54) is 12.6 Å². The first-order valence-electron chi connectivity index (χ1n) is 8.08. The SMILES string of the molecule is CCc1noc2ncc(S(=O)(=O)N3CC4CCCC(C3)N4)cc12. The Bertz CT molecular complexity index is 820. The van der Waals surface area contributed by atoms with E-state index >= 15 is 0 Å². The first-order chi connectivity index (χ1) is 11.1. The van der Waals surface area contributed by atoms with Crippen molar-refractivity contribution in [2.75, 3.05) is 13.1 Å². The second kappa shape index (κ2) is 5.54. The number of hydrogen-bond acceptors (Lipinski definition) is 6. The molecule has 0 aromatic carbocycles. The van der Waals surface area contributed by atoms with Crippen LogP contribution >= 0.6 is 0 Å². The largest absolute Gasteiger partial charge is 0.336 e. The second-order valence-electron chi connectivity index (χ2n) is 6.32. The summed E-state index contributed by atoms with van der Waals surface area (Å²) in [6.45, 7) is 3.01. The minimum absolute atomic E-state index is 0.225. The summed E-state index contributed by atoms with van der Waals surface area (Å²) in [4.78, 5) is 4.36. The maximum absolute atomic E-state index is 13.0. The maximum Gasteiger partial charge on any atom is 0.258 e. The van der Waals surface area contributed by atoms with Gasteiger partial charge in [0.2, 0.25) is 10.0 Å². The standard InChI is InChI=1S/C15H20N4O3S/c1-2-14-13-6-12(7-16-15(13)22-18-14)23(20,21)19-8-10-4-3-5-11(9-19)17-10/h6-7,10-11,17H,2-5,8-9H2,1H3. The zero-order valence-electron chi connectivity index (χ0n) is 13.0. The number of sulfonamides is 1. The maximum atomic E-state index is 13.0. The number of piperidine rings is 1. The number of nitrogens with one attached hydrogen (secondary N) is 1. The second-order valence-corrected chi connectivity index (χ2v) is 8.26. The number of aryl methyl sites for hydroxylation is 1. The molecule has 0 saturated carbocycles. The molecule has 2 aromatic heterocycles. The molecule has 124 valence electrons. The zero-order chi connectivity index (χ0) is 16.0. The van der Waals surface area contributed by atoms with Crippen molar-refractivity contribution in [3.63, 3.8) is 0 Å². The zero-order valence-corrected chi connectivity index (χ0v) is 13.8. The summed E-state index contributed by atoms with van der Waals surface area (Å²) in [5.74, 6) is 0. The Morgan fingerprint density at radius 1 is 1.35 bits per heavy atom. The molecule has 0 amide bonds. The van der Waals surface area contributed by atoms with Crippen molar-refractivity contribution in [2.45, 2.75) is 49.6 Å². The lowest BCUT2D eigenvalue weighted by atomic mass is 9.96. The molecule has 2 aromatic rings. The van der Waals surface area contributed by atoms with Crippen molar-refractivity contribution in [3.8, 4) is 0 Å². The Balaban J connectivity index is 1.70. The van der Waals surface area contributed by atoms with Crippen LogP contribution in [0.3, 0.4) is 0 Å². The van der Waals surface area contributed by atoms with Crippen LogP contribution < -0.4 is 5.32 Å². The lowest BCUT2D eigenvalue weighted by Gasteiger charge is -2.41. The van der Waals surface area contributed by atoms with E-state index in [9.17, 15) is 8.42 Å². The van der Waals surface area contributed by atoms with Crippen molar-refractivity contribution in [1.29, 1.82) is 0 Å². The molecule has 7 nitrogen and oxygen atoms in total. The molecule has 2 bridgehead atoms. The predicted molar refractivity (Wildman–Crippen MR) is 84.5 cm³/mol. The van der Waals surface area contributed by atoms with Gasteiger partial charge in [0.15, 0.2) is 0 Å². The Kier molecular flexibility index (Phi) is 3.62. The third kappa shape index (κ3) is 2.54. The predicted octanol–water partition coefficient (Wildman–Crippen LogP) is 1.30. The van der Waals surface area contributed by atoms with Crippen LogP contribution in [0.4, 0.5) is 0 Å². The van der Waals surface area contributed by atoms with Gasteiger partial charge in [-0.25, -0.2) is 13.4 Å². The van der Waals surface area contributed by atoms with Crippen molar-refractivity contribution in [3.05, 3.63) is 18.0 Å². The first-order valence-corrected chi connectivity index (χ1v) is 9.52. The summed E-state index contributed by atoms with van der Waals surface area (Å²) < 4.78 is 32.7. The lowest BCUT2D eigenvalue weighted by molar-refractivity contribution is 0.190. The number of hydrogen-bond donors (Lipinski definition) is 1. The molecule has 2 saturated heterocycles. The Morgan fingerprint density at radius 2 is 2.09 bits per heavy atom. The number of piperazine rings is 1. The summed E-state index contributed by atoms with van der Waals surface area (Å²) in [7, 11) is -3.54. The van der Waals surface area contributed by atoms with Crippen LogP contribution in [0.25, 0.3) is 11.1 Å². The van der Waals surface area contributed by atoms with E-state index in [0.717, 1.165) is 18.5 Å². The van der Waals surface area contributed by atoms with Crippen LogP contribution in [-0.2, 0) is 16.4 Å². The van der Waals surface area contributed by atoms with Crippen LogP contribution in [0.2, 0.25) is 0 Å². The monoisotopic (exact) mass is 336 g/mol. The summed E-state index contributed by atoms with van der Waals surface area (Å²) >= 11 is 0. The van der Waals surface area contributed by atoms with Crippen LogP contribution in [0.15, 0.2) is 21.7 Å². The van der Waals surface area contributed by atoms with Gasteiger partial charge in [-0.05, 0) is 25.3 Å². The van der Waals surface area contributed by atoms with Crippen LogP contribution in [0, 0.1) is 0 Å². The highest BCUT2D eigenvalue weighted by Gasteiger charge is 2.36. The van der Waals surface area contributed by atoms with Gasteiger partial charge in [-0.3, -0.25) is 0 Å². The molecule has 1 N–H and O–H groups in total. The molecule has 2 aliphatic heterocycles. The van der Waals surface area contributed by atoms with Gasteiger partial charge >= 0.3 is 0 Å². The molecule has 0 radical (unpaired) electrons. The van der Waals surface area contributed by atoms with E-state index < -0.39 is 10.0 Å². The van der Waals surface area contributed by atoms with Crippen molar-refractivity contribution >= 4 is 21.1 Å². The molecule has 2 unspecified atom stereocenters. The average molecular weight is 336 g/mol. The molecule has 0 spiro atoms. The summed E-state index contributed by atoms with van der Waals surface area (Å²) in [5.41, 5.74) is 1.12. The van der Waals surface area contributed by atoms with Gasteiger partial charge in [0.25, 0.3) is 5.71 Å². The summed E-state index contributed by atoms with van der Waals surface area (Å²) in [6.07, 6.45) is 5.29. The Morgan fingerprint density at radius 3 is 2.78 bits per heavy atom. The van der Waals surface area contributed by atoms with Gasteiger partial charge in [0, 0.05) is 25.2 Å². The average Bonchev–Trinajstić information content (AvgIpc) is 2.96. The third-order valence-corrected chi connectivity index (χ3v) is 6.57. The van der Waals surface area contributed by atoms with Gasteiger partial charge in [0.1, 0.15) is 4.90 Å². The van der Waals surface area contributed by atoms with E-state index in [2.05, 4.69) is 15.5 Å². The molecule has 2 aliphatic rings. The quantitative estimate of drug-likeness (QED) is 0.909. The van der Waals surface area contributed by atoms with E-state index in [1.807, 2.05) is 6.92 Å². The Labute approximate surface area is 135 Å². The first kappa shape index (κ1) is 15.0. The number of fused-ring (bicyclic) bond motifs is 3. The third-order valence-electron chi connectivity index (χ3n) is 4.78. The van der Waals surface area contributed by atoms with E-state index in [-0.39, 0.29) is 17.0 Å². The Hall–Kier alpha value is -1.51.